The van der Waals surface area contributed by atoms with Crippen LogP contribution in [0.1, 0.15) is 23.5 Å². The van der Waals surface area contributed by atoms with Gasteiger partial charge in [0.1, 0.15) is 12.6 Å². The number of carboxylic acid groups (broad SMARTS) is 1. The maximum absolute atomic E-state index is 13.0. The summed E-state index contributed by atoms with van der Waals surface area (Å²) >= 11 is 0. The predicted molar refractivity (Wildman–Crippen MR) is 108 cm³/mol. The first-order chi connectivity index (χ1) is 15.9. The van der Waals surface area contributed by atoms with Crippen LogP contribution in [0, 0.1) is 0 Å². The highest BCUT2D eigenvalue weighted by molar-refractivity contribution is 5.89. The minimum absolute atomic E-state index is 0.187. The lowest BCUT2D eigenvalue weighted by atomic mass is 9.98. The summed E-state index contributed by atoms with van der Waals surface area (Å²) in [6.07, 6.45) is -8.21. The molecule has 1 unspecified atom stereocenters. The van der Waals surface area contributed by atoms with Crippen LogP contribution in [0.15, 0.2) is 48.5 Å². The lowest BCUT2D eigenvalue weighted by Gasteiger charge is -2.22. The average molecular weight is 486 g/mol. The summed E-state index contributed by atoms with van der Waals surface area (Å²) in [5, 5.41) is 12.2. The average Bonchev–Trinajstić information content (AvgIpc) is 3.08. The summed E-state index contributed by atoms with van der Waals surface area (Å²) < 4.78 is 68.1. The Bertz CT molecular complexity index is 1040. The molecule has 12 heteroatoms. The Morgan fingerprint density at radius 2 is 1.47 bits per heavy atom. The third-order valence-electron chi connectivity index (χ3n) is 5.23. The fourth-order valence-electron chi connectivity index (χ4n) is 3.59. The van der Waals surface area contributed by atoms with Crippen LogP contribution in [-0.4, -0.2) is 54.4 Å². The van der Waals surface area contributed by atoms with Crippen molar-refractivity contribution in [2.24, 2.45) is 0 Å². The summed E-state index contributed by atoms with van der Waals surface area (Å²) in [5.41, 5.74) is 3.65. The normalized spacial score (nSPS) is 14.0. The molecule has 0 fully saturated rings. The molecule has 0 heterocycles. The first-order valence-corrected chi connectivity index (χ1v) is 9.96. The molecule has 3 rings (SSSR count). The molecule has 34 heavy (non-hydrogen) atoms. The molecule has 0 saturated carbocycles. The van der Waals surface area contributed by atoms with Gasteiger partial charge < -0.3 is 20.5 Å². The zero-order valence-corrected chi connectivity index (χ0v) is 17.4. The highest BCUT2D eigenvalue weighted by Crippen LogP contribution is 2.44. The van der Waals surface area contributed by atoms with Crippen LogP contribution in [0.3, 0.4) is 0 Å². The maximum Gasteiger partial charge on any atom is 0.455 e. The lowest BCUT2D eigenvalue weighted by molar-refractivity contribution is -0.278. The van der Waals surface area contributed by atoms with E-state index in [1.54, 1.807) is 0 Å². The number of hydrogen-bond acceptors (Lipinski definition) is 4. The molecular weight excluding hydrogens is 467 g/mol. The van der Waals surface area contributed by atoms with E-state index < -0.39 is 49.1 Å². The molecule has 0 bridgehead atoms. The smallest absolute Gasteiger partial charge is 0.455 e. The molecule has 0 radical (unpaired) electrons. The van der Waals surface area contributed by atoms with Gasteiger partial charge in [-0.3, -0.25) is 9.59 Å². The molecule has 0 spiro atoms. The van der Waals surface area contributed by atoms with Gasteiger partial charge >= 0.3 is 24.2 Å². The highest BCUT2D eigenvalue weighted by Gasteiger charge is 2.57. The van der Waals surface area contributed by atoms with Crippen LogP contribution < -0.4 is 10.6 Å². The number of fused-ring (bicyclic) bond motifs is 3. The van der Waals surface area contributed by atoms with Crippen LogP contribution >= 0.6 is 0 Å². The van der Waals surface area contributed by atoms with Gasteiger partial charge in [-0.2, -0.15) is 22.0 Å². The van der Waals surface area contributed by atoms with Crippen molar-refractivity contribution < 1.29 is 46.2 Å². The van der Waals surface area contributed by atoms with E-state index in [4.69, 9.17) is 9.84 Å². The van der Waals surface area contributed by atoms with Gasteiger partial charge in [-0.25, -0.2) is 4.79 Å². The summed E-state index contributed by atoms with van der Waals surface area (Å²) in [6.45, 7) is -2.30. The van der Waals surface area contributed by atoms with Crippen molar-refractivity contribution in [3.63, 3.8) is 0 Å². The third-order valence-corrected chi connectivity index (χ3v) is 5.23. The molecule has 1 aliphatic carbocycles. The number of benzene rings is 2. The first kappa shape index (κ1) is 24.9. The molecule has 0 aliphatic heterocycles. The van der Waals surface area contributed by atoms with Crippen molar-refractivity contribution in [1.29, 1.82) is 0 Å². The fourth-order valence-corrected chi connectivity index (χ4v) is 3.59. The van der Waals surface area contributed by atoms with Crippen molar-refractivity contribution in [1.82, 2.24) is 10.6 Å². The SMILES string of the molecule is O=C(O)CC(NC(=O)OCC1c2ccccc2-c2ccccc21)C(=O)NCC(F)(F)C(F)(F)F. The first-order valence-electron chi connectivity index (χ1n) is 9.96. The van der Waals surface area contributed by atoms with E-state index in [2.05, 4.69) is 0 Å². The van der Waals surface area contributed by atoms with Crippen molar-refractivity contribution in [3.8, 4) is 11.1 Å². The number of amides is 2. The van der Waals surface area contributed by atoms with Gasteiger partial charge in [0, 0.05) is 5.92 Å². The topological polar surface area (TPSA) is 105 Å². The third kappa shape index (κ3) is 5.43. The zero-order chi connectivity index (χ0) is 25.1. The molecular formula is C22H19F5N2O5. The summed E-state index contributed by atoms with van der Waals surface area (Å²) in [4.78, 5) is 35.3. The van der Waals surface area contributed by atoms with E-state index in [1.807, 2.05) is 53.8 Å². The molecule has 1 atom stereocenters. The summed E-state index contributed by atoms with van der Waals surface area (Å²) in [7, 11) is 0. The Hall–Kier alpha value is -3.70. The van der Waals surface area contributed by atoms with Gasteiger partial charge in [0.05, 0.1) is 13.0 Å². The van der Waals surface area contributed by atoms with Crippen molar-refractivity contribution in [3.05, 3.63) is 59.7 Å². The van der Waals surface area contributed by atoms with Crippen molar-refractivity contribution in [2.75, 3.05) is 13.2 Å². The number of alkyl halides is 5. The summed E-state index contributed by atoms with van der Waals surface area (Å²) in [5.74, 6) is -8.71. The van der Waals surface area contributed by atoms with E-state index >= 15 is 0 Å². The van der Waals surface area contributed by atoms with E-state index in [0.29, 0.717) is 0 Å². The number of carbonyl (C=O) groups excluding carboxylic acids is 2. The number of rotatable bonds is 8. The van der Waals surface area contributed by atoms with Crippen LogP contribution in [0.4, 0.5) is 26.7 Å². The van der Waals surface area contributed by atoms with Gasteiger partial charge in [-0.05, 0) is 22.3 Å². The molecule has 1 aliphatic rings. The molecule has 2 aromatic carbocycles. The van der Waals surface area contributed by atoms with E-state index in [0.717, 1.165) is 22.3 Å². The van der Waals surface area contributed by atoms with E-state index in [-0.39, 0.29) is 12.5 Å². The monoisotopic (exact) mass is 486 g/mol. The minimum atomic E-state index is -5.91. The van der Waals surface area contributed by atoms with Gasteiger partial charge in [0.25, 0.3) is 0 Å². The molecule has 182 valence electrons. The quantitative estimate of drug-likeness (QED) is 0.494. The number of hydrogen-bond donors (Lipinski definition) is 3. The highest BCUT2D eigenvalue weighted by atomic mass is 19.4. The van der Waals surface area contributed by atoms with Gasteiger partial charge in [-0.15, -0.1) is 0 Å². The molecule has 2 amide bonds. The number of alkyl carbamates (subject to hydrolysis) is 1. The fraction of sp³-hybridized carbons (Fsp3) is 0.318. The number of nitrogens with one attached hydrogen (secondary N) is 2. The predicted octanol–water partition coefficient (Wildman–Crippen LogP) is 3.68. The Morgan fingerprint density at radius 3 is 1.97 bits per heavy atom. The van der Waals surface area contributed by atoms with Gasteiger partial charge in [-0.1, -0.05) is 48.5 Å². The second kappa shape index (κ2) is 9.65. The van der Waals surface area contributed by atoms with Gasteiger partial charge in [0.15, 0.2) is 0 Å². The number of halogens is 5. The number of carboxylic acids is 1. The maximum atomic E-state index is 13.0. The summed E-state index contributed by atoms with van der Waals surface area (Å²) in [6, 6.07) is 12.9. The number of aliphatic carboxylic acids is 1. The molecule has 2 aromatic rings. The molecule has 7 nitrogen and oxygen atoms in total. The number of ether oxygens (including phenoxy) is 1. The van der Waals surface area contributed by atoms with Crippen LogP contribution in [-0.2, 0) is 14.3 Å². The Kier molecular flexibility index (Phi) is 7.08. The minimum Gasteiger partial charge on any atom is -0.481 e. The second-order valence-corrected chi connectivity index (χ2v) is 7.54. The molecule has 0 aromatic heterocycles. The van der Waals surface area contributed by atoms with Crippen molar-refractivity contribution in [2.45, 2.75) is 30.5 Å². The Balaban J connectivity index is 1.64. The lowest BCUT2D eigenvalue weighted by Crippen LogP contribution is -2.53. The Labute approximate surface area is 189 Å². The Morgan fingerprint density at radius 1 is 0.941 bits per heavy atom. The van der Waals surface area contributed by atoms with Crippen LogP contribution in [0.5, 0.6) is 0 Å². The van der Waals surface area contributed by atoms with E-state index in [9.17, 15) is 36.3 Å². The van der Waals surface area contributed by atoms with Gasteiger partial charge in [0.2, 0.25) is 5.91 Å². The largest absolute Gasteiger partial charge is 0.481 e. The molecule has 0 saturated heterocycles. The number of carbonyl (C=O) groups is 3. The van der Waals surface area contributed by atoms with Crippen LogP contribution in [0.25, 0.3) is 11.1 Å². The zero-order valence-electron chi connectivity index (χ0n) is 17.4. The van der Waals surface area contributed by atoms with Crippen LogP contribution in [0.2, 0.25) is 0 Å². The standard InChI is InChI=1S/C22H19F5N2O5/c23-21(24,22(25,26)27)11-28-19(32)17(9-18(30)31)29-20(33)34-10-16-14-7-3-1-5-12(14)13-6-2-4-8-15(13)16/h1-8,16-17H,9-11H2,(H,28,32)(H,29,33)(H,30,31). The van der Waals surface area contributed by atoms with E-state index in [1.165, 1.54) is 5.32 Å². The molecule has 3 N–H and O–H groups in total. The van der Waals surface area contributed by atoms with Crippen molar-refractivity contribution >= 4 is 18.0 Å². The second-order valence-electron chi connectivity index (χ2n) is 7.54.